The van der Waals surface area contributed by atoms with Crippen molar-refractivity contribution in [3.05, 3.63) is 24.2 Å². The first kappa shape index (κ1) is 9.78. The van der Waals surface area contributed by atoms with Gasteiger partial charge in [0.2, 0.25) is 0 Å². The van der Waals surface area contributed by atoms with Crippen molar-refractivity contribution in [1.29, 1.82) is 0 Å². The molecule has 0 aliphatic carbocycles. The minimum absolute atomic E-state index is 0.599. The van der Waals surface area contributed by atoms with Gasteiger partial charge >= 0.3 is 0 Å². The van der Waals surface area contributed by atoms with E-state index < -0.39 is 0 Å². The zero-order valence-corrected chi connectivity index (χ0v) is 9.23. The molecule has 0 radical (unpaired) electrons. The summed E-state index contributed by atoms with van der Waals surface area (Å²) in [5.74, 6) is 2.49. The zero-order chi connectivity index (χ0) is 10.1. The molecule has 1 aromatic heterocycles. The van der Waals surface area contributed by atoms with Crippen molar-refractivity contribution in [2.75, 3.05) is 13.6 Å². The molecule has 1 aliphatic heterocycles. The van der Waals surface area contributed by atoms with Gasteiger partial charge in [0.25, 0.3) is 0 Å². The van der Waals surface area contributed by atoms with E-state index in [2.05, 4.69) is 31.9 Å². The first-order chi connectivity index (χ1) is 6.68. The van der Waals surface area contributed by atoms with Gasteiger partial charge < -0.3 is 9.32 Å². The standard InChI is InChI=1S/C12H19NO/c1-9(2)11-7-10(8-13(11)3)12-5-4-6-14-12/h4-6,9-11H,7-8H2,1-3H3/t10-,11?/m0/s1. The fourth-order valence-electron chi connectivity index (χ4n) is 2.54. The quantitative estimate of drug-likeness (QED) is 0.718. The lowest BCUT2D eigenvalue weighted by molar-refractivity contribution is 0.250. The van der Waals surface area contributed by atoms with Gasteiger partial charge in [-0.2, -0.15) is 0 Å². The van der Waals surface area contributed by atoms with E-state index in [1.165, 1.54) is 6.42 Å². The van der Waals surface area contributed by atoms with Crippen LogP contribution in [0.1, 0.15) is 31.9 Å². The molecule has 0 N–H and O–H groups in total. The highest BCUT2D eigenvalue weighted by Crippen LogP contribution is 2.33. The first-order valence-electron chi connectivity index (χ1n) is 5.42. The van der Waals surface area contributed by atoms with E-state index in [9.17, 15) is 0 Å². The second-order valence-electron chi connectivity index (χ2n) is 4.70. The molecule has 1 saturated heterocycles. The van der Waals surface area contributed by atoms with Crippen LogP contribution in [0.4, 0.5) is 0 Å². The number of rotatable bonds is 2. The van der Waals surface area contributed by atoms with Crippen molar-refractivity contribution in [2.45, 2.75) is 32.2 Å². The van der Waals surface area contributed by atoms with E-state index in [1.807, 2.05) is 6.07 Å². The number of hydrogen-bond donors (Lipinski definition) is 0. The molecule has 1 aromatic rings. The third-order valence-electron chi connectivity index (χ3n) is 3.32. The van der Waals surface area contributed by atoms with Gasteiger partial charge in [0.05, 0.1) is 6.26 Å². The number of likely N-dealkylation sites (N-methyl/N-ethyl adjacent to an activating group) is 1. The summed E-state index contributed by atoms with van der Waals surface area (Å²) in [6, 6.07) is 4.80. The summed E-state index contributed by atoms with van der Waals surface area (Å²) in [6.45, 7) is 5.73. The summed E-state index contributed by atoms with van der Waals surface area (Å²) in [6.07, 6.45) is 3.01. The smallest absolute Gasteiger partial charge is 0.108 e. The highest BCUT2D eigenvalue weighted by atomic mass is 16.3. The average Bonchev–Trinajstić information content (AvgIpc) is 2.70. The summed E-state index contributed by atoms with van der Waals surface area (Å²) >= 11 is 0. The maximum absolute atomic E-state index is 5.47. The Bertz CT molecular complexity index is 279. The zero-order valence-electron chi connectivity index (χ0n) is 9.23. The van der Waals surface area contributed by atoms with E-state index in [0.29, 0.717) is 12.0 Å². The number of furan rings is 1. The van der Waals surface area contributed by atoms with E-state index in [0.717, 1.165) is 18.2 Å². The van der Waals surface area contributed by atoms with Gasteiger partial charge in [-0.15, -0.1) is 0 Å². The largest absolute Gasteiger partial charge is 0.469 e. The summed E-state index contributed by atoms with van der Waals surface area (Å²) < 4.78 is 5.47. The Labute approximate surface area is 85.9 Å². The Morgan fingerprint density at radius 2 is 2.29 bits per heavy atom. The van der Waals surface area contributed by atoms with Crippen LogP contribution < -0.4 is 0 Å². The lowest BCUT2D eigenvalue weighted by Crippen LogP contribution is -2.29. The Morgan fingerprint density at radius 3 is 2.79 bits per heavy atom. The third kappa shape index (κ3) is 1.71. The second kappa shape index (κ2) is 3.77. The van der Waals surface area contributed by atoms with Crippen molar-refractivity contribution in [2.24, 2.45) is 5.92 Å². The Morgan fingerprint density at radius 1 is 1.50 bits per heavy atom. The predicted molar refractivity (Wildman–Crippen MR) is 57.3 cm³/mol. The van der Waals surface area contributed by atoms with E-state index in [1.54, 1.807) is 6.26 Å². The minimum Gasteiger partial charge on any atom is -0.469 e. The van der Waals surface area contributed by atoms with Gasteiger partial charge in [0.1, 0.15) is 5.76 Å². The Hall–Kier alpha value is -0.760. The molecule has 1 fully saturated rings. The molecule has 0 saturated carbocycles. The van der Waals surface area contributed by atoms with Gasteiger partial charge in [-0.1, -0.05) is 13.8 Å². The van der Waals surface area contributed by atoms with Crippen LogP contribution in [0, 0.1) is 5.92 Å². The fourth-order valence-corrected chi connectivity index (χ4v) is 2.54. The molecule has 2 heterocycles. The van der Waals surface area contributed by atoms with Crippen molar-refractivity contribution in [3.63, 3.8) is 0 Å². The van der Waals surface area contributed by atoms with Crippen molar-refractivity contribution in [3.8, 4) is 0 Å². The van der Waals surface area contributed by atoms with Crippen LogP contribution in [-0.2, 0) is 0 Å². The number of nitrogens with zero attached hydrogens (tertiary/aromatic N) is 1. The van der Waals surface area contributed by atoms with Gasteiger partial charge in [-0.3, -0.25) is 0 Å². The van der Waals surface area contributed by atoms with Crippen molar-refractivity contribution in [1.82, 2.24) is 4.90 Å². The molecule has 1 unspecified atom stereocenters. The van der Waals surface area contributed by atoms with Gasteiger partial charge in [-0.05, 0) is 31.5 Å². The topological polar surface area (TPSA) is 16.4 Å². The predicted octanol–water partition coefficient (Wildman–Crippen LogP) is 2.72. The van der Waals surface area contributed by atoms with Crippen molar-refractivity contribution < 1.29 is 4.42 Å². The van der Waals surface area contributed by atoms with Crippen LogP contribution >= 0.6 is 0 Å². The van der Waals surface area contributed by atoms with E-state index in [-0.39, 0.29) is 0 Å². The average molecular weight is 193 g/mol. The summed E-state index contributed by atoms with van der Waals surface area (Å²) in [4.78, 5) is 2.46. The molecule has 0 amide bonds. The molecule has 0 bridgehead atoms. The lowest BCUT2D eigenvalue weighted by atomic mass is 9.96. The van der Waals surface area contributed by atoms with Gasteiger partial charge in [0.15, 0.2) is 0 Å². The third-order valence-corrected chi connectivity index (χ3v) is 3.32. The molecule has 2 rings (SSSR count). The molecule has 0 aromatic carbocycles. The SMILES string of the molecule is CC(C)C1C[C@H](c2ccco2)CN1C. The normalized spacial score (nSPS) is 28.9. The first-order valence-corrected chi connectivity index (χ1v) is 5.42. The van der Waals surface area contributed by atoms with Crippen LogP contribution in [-0.4, -0.2) is 24.5 Å². The number of hydrogen-bond acceptors (Lipinski definition) is 2. The van der Waals surface area contributed by atoms with Crippen LogP contribution in [0.25, 0.3) is 0 Å². The van der Waals surface area contributed by atoms with E-state index in [4.69, 9.17) is 4.42 Å². The molecule has 2 nitrogen and oxygen atoms in total. The van der Waals surface area contributed by atoms with Gasteiger partial charge in [-0.25, -0.2) is 0 Å². The number of likely N-dealkylation sites (tertiary alicyclic amines) is 1. The van der Waals surface area contributed by atoms with Crippen molar-refractivity contribution >= 4 is 0 Å². The molecule has 0 spiro atoms. The maximum atomic E-state index is 5.47. The molecular formula is C12H19NO. The van der Waals surface area contributed by atoms with Crippen LogP contribution in [0.5, 0.6) is 0 Å². The van der Waals surface area contributed by atoms with E-state index >= 15 is 0 Å². The van der Waals surface area contributed by atoms with Crippen LogP contribution in [0.2, 0.25) is 0 Å². The maximum Gasteiger partial charge on any atom is 0.108 e. The molecule has 1 aliphatic rings. The summed E-state index contributed by atoms with van der Waals surface area (Å²) in [5.41, 5.74) is 0. The minimum atomic E-state index is 0.599. The van der Waals surface area contributed by atoms with Gasteiger partial charge in [0, 0.05) is 18.5 Å². The van der Waals surface area contributed by atoms with Crippen LogP contribution in [0.15, 0.2) is 22.8 Å². The highest BCUT2D eigenvalue weighted by Gasteiger charge is 2.33. The molecule has 14 heavy (non-hydrogen) atoms. The highest BCUT2D eigenvalue weighted by molar-refractivity contribution is 5.09. The monoisotopic (exact) mass is 193 g/mol. The summed E-state index contributed by atoms with van der Waals surface area (Å²) in [7, 11) is 2.22. The second-order valence-corrected chi connectivity index (χ2v) is 4.70. The lowest BCUT2D eigenvalue weighted by Gasteiger charge is -2.22. The molecular weight excluding hydrogens is 174 g/mol. The van der Waals surface area contributed by atoms with Crippen LogP contribution in [0.3, 0.4) is 0 Å². The fraction of sp³-hybridized carbons (Fsp3) is 0.667. The molecule has 2 atom stereocenters. The summed E-state index contributed by atoms with van der Waals surface area (Å²) in [5, 5.41) is 0. The molecule has 2 heteroatoms. The Balaban J connectivity index is 2.06. The molecule has 78 valence electrons. The Kier molecular flexibility index (Phi) is 2.64.